The lowest BCUT2D eigenvalue weighted by atomic mass is 10.00. The molecule has 0 aromatic heterocycles. The van der Waals surface area contributed by atoms with Crippen molar-refractivity contribution < 1.29 is 28.6 Å². The first-order chi connectivity index (χ1) is 24.7. The van der Waals surface area contributed by atoms with E-state index in [2.05, 4.69) is 41.5 Å². The first-order valence-corrected chi connectivity index (χ1v) is 22.2. The molecule has 302 valence electrons. The Bertz CT molecular complexity index is 796. The Balaban J connectivity index is 4.36. The third-order valence-electron chi connectivity index (χ3n) is 10.6. The van der Waals surface area contributed by atoms with Crippen molar-refractivity contribution in [2.75, 3.05) is 13.2 Å². The fourth-order valence-electron chi connectivity index (χ4n) is 6.46. The molecule has 0 saturated heterocycles. The van der Waals surface area contributed by atoms with Gasteiger partial charge in [-0.25, -0.2) is 0 Å². The average Bonchev–Trinajstić information content (AvgIpc) is 3.11. The molecule has 0 N–H and O–H groups in total. The molecular weight excluding hydrogens is 636 g/mol. The van der Waals surface area contributed by atoms with Crippen LogP contribution in [-0.4, -0.2) is 37.2 Å². The van der Waals surface area contributed by atoms with Crippen LogP contribution in [0.3, 0.4) is 0 Å². The van der Waals surface area contributed by atoms with Crippen molar-refractivity contribution >= 4 is 17.9 Å². The number of carbonyl (C=O) groups excluding carboxylic acids is 3. The van der Waals surface area contributed by atoms with E-state index in [-0.39, 0.29) is 31.1 Å². The van der Waals surface area contributed by atoms with E-state index in [1.54, 1.807) is 0 Å². The summed E-state index contributed by atoms with van der Waals surface area (Å²) in [6.45, 7) is 13.6. The number of hydrogen-bond donors (Lipinski definition) is 0. The van der Waals surface area contributed by atoms with Crippen molar-refractivity contribution in [2.45, 2.75) is 240 Å². The highest BCUT2D eigenvalue weighted by Crippen LogP contribution is 2.17. The first kappa shape index (κ1) is 49.4. The smallest absolute Gasteiger partial charge is 0.306 e. The molecule has 0 rings (SSSR count). The fourth-order valence-corrected chi connectivity index (χ4v) is 6.46. The standard InChI is InChI=1S/C45H86O6/c1-7-40(5)32-26-20-15-17-23-29-35-44(47)50-38-42(51-45(48)36-30-24-18-16-21-27-33-41(6)8-2)37-49-43(46)34-28-22-14-12-10-9-11-13-19-25-31-39(3)4/h39-42H,7-38H2,1-6H3/t40?,41?,42-/m1/s1. The molecule has 0 fully saturated rings. The van der Waals surface area contributed by atoms with Crippen LogP contribution < -0.4 is 0 Å². The van der Waals surface area contributed by atoms with E-state index in [1.807, 2.05) is 0 Å². The molecule has 0 aliphatic carbocycles. The lowest BCUT2D eigenvalue weighted by Crippen LogP contribution is -2.30. The largest absolute Gasteiger partial charge is 0.462 e. The zero-order valence-electron chi connectivity index (χ0n) is 34.9. The summed E-state index contributed by atoms with van der Waals surface area (Å²) >= 11 is 0. The molecule has 0 saturated carbocycles. The van der Waals surface area contributed by atoms with E-state index < -0.39 is 6.10 Å². The molecule has 0 spiro atoms. The molecular formula is C45H86O6. The second-order valence-corrected chi connectivity index (χ2v) is 16.3. The van der Waals surface area contributed by atoms with Crippen molar-refractivity contribution in [3.63, 3.8) is 0 Å². The summed E-state index contributed by atoms with van der Waals surface area (Å²) in [5.41, 5.74) is 0. The summed E-state index contributed by atoms with van der Waals surface area (Å²) in [7, 11) is 0. The van der Waals surface area contributed by atoms with Gasteiger partial charge in [0, 0.05) is 19.3 Å². The van der Waals surface area contributed by atoms with E-state index in [0.717, 1.165) is 75.5 Å². The predicted octanol–water partition coefficient (Wildman–Crippen LogP) is 13.7. The van der Waals surface area contributed by atoms with Gasteiger partial charge in [-0.1, -0.05) is 196 Å². The maximum Gasteiger partial charge on any atom is 0.306 e. The maximum absolute atomic E-state index is 12.7. The summed E-state index contributed by atoms with van der Waals surface area (Å²) in [6, 6.07) is 0. The zero-order valence-corrected chi connectivity index (χ0v) is 34.9. The summed E-state index contributed by atoms with van der Waals surface area (Å²) in [6.07, 6.45) is 32.4. The van der Waals surface area contributed by atoms with Crippen molar-refractivity contribution in [1.29, 1.82) is 0 Å². The Kier molecular flexibility index (Phi) is 35.6. The van der Waals surface area contributed by atoms with E-state index >= 15 is 0 Å². The van der Waals surface area contributed by atoms with Gasteiger partial charge in [-0.15, -0.1) is 0 Å². The highest BCUT2D eigenvalue weighted by molar-refractivity contribution is 5.71. The Morgan fingerprint density at radius 1 is 0.392 bits per heavy atom. The van der Waals surface area contributed by atoms with E-state index in [0.29, 0.717) is 19.3 Å². The molecule has 51 heavy (non-hydrogen) atoms. The number of ether oxygens (including phenoxy) is 3. The summed E-state index contributed by atoms with van der Waals surface area (Å²) in [4.78, 5) is 37.6. The Morgan fingerprint density at radius 3 is 1.02 bits per heavy atom. The van der Waals surface area contributed by atoms with Gasteiger partial charge in [0.05, 0.1) is 0 Å². The van der Waals surface area contributed by atoms with Crippen LogP contribution in [0.1, 0.15) is 234 Å². The van der Waals surface area contributed by atoms with Gasteiger partial charge < -0.3 is 14.2 Å². The fraction of sp³-hybridized carbons (Fsp3) is 0.933. The van der Waals surface area contributed by atoms with Gasteiger partial charge in [0.15, 0.2) is 6.10 Å². The van der Waals surface area contributed by atoms with E-state index in [9.17, 15) is 14.4 Å². The van der Waals surface area contributed by atoms with Crippen LogP contribution in [0.4, 0.5) is 0 Å². The summed E-state index contributed by atoms with van der Waals surface area (Å²) in [5.74, 6) is 1.57. The SMILES string of the molecule is CCC(C)CCCCCCCCC(=O)OC[C@@H](COC(=O)CCCCCCCCCCCCC(C)C)OC(=O)CCCCCCCCC(C)CC. The van der Waals surface area contributed by atoms with Crippen LogP contribution in [0, 0.1) is 17.8 Å². The van der Waals surface area contributed by atoms with Crippen molar-refractivity contribution in [3.05, 3.63) is 0 Å². The van der Waals surface area contributed by atoms with Crippen LogP contribution in [0.5, 0.6) is 0 Å². The molecule has 6 nitrogen and oxygen atoms in total. The van der Waals surface area contributed by atoms with Gasteiger partial charge in [-0.3, -0.25) is 14.4 Å². The Hall–Kier alpha value is -1.59. The maximum atomic E-state index is 12.7. The van der Waals surface area contributed by atoms with Crippen LogP contribution >= 0.6 is 0 Å². The average molecular weight is 723 g/mol. The molecule has 3 atom stereocenters. The zero-order chi connectivity index (χ0) is 37.8. The van der Waals surface area contributed by atoms with Crippen molar-refractivity contribution in [3.8, 4) is 0 Å². The van der Waals surface area contributed by atoms with E-state index in [1.165, 1.54) is 116 Å². The molecule has 0 aliphatic rings. The number of unbranched alkanes of at least 4 members (excludes halogenated alkanes) is 19. The third kappa shape index (κ3) is 36.6. The lowest BCUT2D eigenvalue weighted by Gasteiger charge is -2.18. The molecule has 0 aromatic rings. The summed E-state index contributed by atoms with van der Waals surface area (Å²) in [5, 5.41) is 0. The minimum Gasteiger partial charge on any atom is -0.462 e. The monoisotopic (exact) mass is 723 g/mol. The molecule has 2 unspecified atom stereocenters. The topological polar surface area (TPSA) is 78.9 Å². The number of hydrogen-bond acceptors (Lipinski definition) is 6. The summed E-state index contributed by atoms with van der Waals surface area (Å²) < 4.78 is 16.7. The molecule has 0 aliphatic heterocycles. The van der Waals surface area contributed by atoms with Gasteiger partial charge in [0.2, 0.25) is 0 Å². The van der Waals surface area contributed by atoms with Gasteiger partial charge >= 0.3 is 17.9 Å². The lowest BCUT2D eigenvalue weighted by molar-refractivity contribution is -0.167. The molecule has 0 radical (unpaired) electrons. The van der Waals surface area contributed by atoms with Crippen LogP contribution in [0.25, 0.3) is 0 Å². The minimum absolute atomic E-state index is 0.0676. The van der Waals surface area contributed by atoms with Gasteiger partial charge in [0.1, 0.15) is 13.2 Å². The van der Waals surface area contributed by atoms with Crippen LogP contribution in [-0.2, 0) is 28.6 Å². The van der Waals surface area contributed by atoms with E-state index in [4.69, 9.17) is 14.2 Å². The Labute approximate surface area is 317 Å². The van der Waals surface area contributed by atoms with Crippen LogP contribution in [0.15, 0.2) is 0 Å². The normalized spacial score (nSPS) is 13.2. The predicted molar refractivity (Wildman–Crippen MR) is 215 cm³/mol. The van der Waals surface area contributed by atoms with Crippen molar-refractivity contribution in [1.82, 2.24) is 0 Å². The van der Waals surface area contributed by atoms with Gasteiger partial charge in [-0.2, -0.15) is 0 Å². The number of esters is 3. The van der Waals surface area contributed by atoms with Gasteiger partial charge in [0.25, 0.3) is 0 Å². The van der Waals surface area contributed by atoms with Crippen molar-refractivity contribution in [2.24, 2.45) is 17.8 Å². The molecule has 0 heterocycles. The second-order valence-electron chi connectivity index (χ2n) is 16.3. The minimum atomic E-state index is -0.762. The molecule has 0 bridgehead atoms. The highest BCUT2D eigenvalue weighted by atomic mass is 16.6. The Morgan fingerprint density at radius 2 is 0.686 bits per heavy atom. The molecule has 6 heteroatoms. The molecule has 0 amide bonds. The number of carbonyl (C=O) groups is 3. The van der Waals surface area contributed by atoms with Gasteiger partial charge in [-0.05, 0) is 37.0 Å². The third-order valence-corrected chi connectivity index (χ3v) is 10.6. The quantitative estimate of drug-likeness (QED) is 0.0359. The second kappa shape index (κ2) is 36.8. The molecule has 0 aromatic carbocycles. The van der Waals surface area contributed by atoms with Crippen LogP contribution in [0.2, 0.25) is 0 Å². The number of rotatable bonds is 38. The first-order valence-electron chi connectivity index (χ1n) is 22.2. The highest BCUT2D eigenvalue weighted by Gasteiger charge is 2.19.